The second-order valence-corrected chi connectivity index (χ2v) is 18.3. The molecule has 0 aliphatic heterocycles. The van der Waals surface area contributed by atoms with E-state index in [9.17, 15) is 0 Å². The van der Waals surface area contributed by atoms with Gasteiger partial charge in [0.2, 0.25) is 0 Å². The van der Waals surface area contributed by atoms with Crippen molar-refractivity contribution in [2.45, 2.75) is 79.2 Å². The molecular weight excluding hydrogens is 327 g/mol. The maximum absolute atomic E-state index is 6.15. The van der Waals surface area contributed by atoms with Gasteiger partial charge in [-0.3, -0.25) is 0 Å². The molecular formula is C16H34OSn. The van der Waals surface area contributed by atoms with E-state index in [0.29, 0.717) is 4.12 Å². The SMILES string of the molecule is C=[CH][Sn]([CH2]CCC)([CH2]CCC)[CH](CCC)OCC. The van der Waals surface area contributed by atoms with Gasteiger partial charge in [-0.25, -0.2) is 0 Å². The Bertz CT molecular complexity index is 189. The molecule has 0 bridgehead atoms. The van der Waals surface area contributed by atoms with Gasteiger partial charge in [-0.1, -0.05) is 0 Å². The van der Waals surface area contributed by atoms with Crippen LogP contribution in [0.5, 0.6) is 0 Å². The summed E-state index contributed by atoms with van der Waals surface area (Å²) in [7, 11) is 0. The molecule has 0 saturated carbocycles. The van der Waals surface area contributed by atoms with E-state index in [-0.39, 0.29) is 0 Å². The van der Waals surface area contributed by atoms with Gasteiger partial charge in [0.15, 0.2) is 0 Å². The predicted molar refractivity (Wildman–Crippen MR) is 85.7 cm³/mol. The normalized spacial score (nSPS) is 13.6. The second-order valence-electron chi connectivity index (χ2n) is 5.38. The van der Waals surface area contributed by atoms with Crippen molar-refractivity contribution >= 4 is 18.4 Å². The Morgan fingerprint density at radius 3 is 1.89 bits per heavy atom. The van der Waals surface area contributed by atoms with Crippen LogP contribution < -0.4 is 0 Å². The van der Waals surface area contributed by atoms with Crippen molar-refractivity contribution in [1.82, 2.24) is 0 Å². The molecule has 18 heavy (non-hydrogen) atoms. The third kappa shape index (κ3) is 6.10. The molecule has 0 rings (SSSR count). The van der Waals surface area contributed by atoms with Gasteiger partial charge in [-0.15, -0.1) is 0 Å². The van der Waals surface area contributed by atoms with E-state index in [2.05, 4.69) is 38.4 Å². The molecule has 0 spiro atoms. The van der Waals surface area contributed by atoms with Gasteiger partial charge in [0.25, 0.3) is 0 Å². The van der Waals surface area contributed by atoms with Crippen LogP contribution in [0, 0.1) is 0 Å². The third-order valence-electron chi connectivity index (χ3n) is 3.96. The summed E-state index contributed by atoms with van der Waals surface area (Å²) >= 11 is -2.28. The number of hydrogen-bond acceptors (Lipinski definition) is 1. The van der Waals surface area contributed by atoms with Crippen LogP contribution in [0.2, 0.25) is 8.87 Å². The molecule has 0 aromatic heterocycles. The first kappa shape index (κ1) is 18.5. The van der Waals surface area contributed by atoms with E-state index in [0.717, 1.165) is 6.61 Å². The summed E-state index contributed by atoms with van der Waals surface area (Å²) in [6.45, 7) is 14.1. The molecule has 0 N–H and O–H groups in total. The van der Waals surface area contributed by atoms with Crippen molar-refractivity contribution in [3.8, 4) is 0 Å². The number of rotatable bonds is 12. The molecule has 0 fully saturated rings. The van der Waals surface area contributed by atoms with Crippen LogP contribution in [-0.2, 0) is 4.74 Å². The maximum atomic E-state index is 6.15. The average molecular weight is 361 g/mol. The van der Waals surface area contributed by atoms with Crippen molar-refractivity contribution < 1.29 is 4.74 Å². The van der Waals surface area contributed by atoms with Crippen LogP contribution in [0.15, 0.2) is 10.7 Å². The molecule has 1 nitrogen and oxygen atoms in total. The Kier molecular flexibility index (Phi) is 11.6. The van der Waals surface area contributed by atoms with Gasteiger partial charge in [-0.2, -0.15) is 0 Å². The summed E-state index contributed by atoms with van der Waals surface area (Å²) < 4.78 is 12.0. The van der Waals surface area contributed by atoms with Gasteiger partial charge >= 0.3 is 120 Å². The fraction of sp³-hybridized carbons (Fsp3) is 0.875. The Labute approximate surface area is 119 Å². The first-order valence-electron chi connectivity index (χ1n) is 7.95. The van der Waals surface area contributed by atoms with E-state index >= 15 is 0 Å². The zero-order valence-corrected chi connectivity index (χ0v) is 16.0. The van der Waals surface area contributed by atoms with Crippen molar-refractivity contribution in [2.24, 2.45) is 0 Å². The molecule has 2 heteroatoms. The van der Waals surface area contributed by atoms with Crippen LogP contribution in [0.3, 0.4) is 0 Å². The minimum atomic E-state index is -2.28. The van der Waals surface area contributed by atoms with Gasteiger partial charge < -0.3 is 0 Å². The summed E-state index contributed by atoms with van der Waals surface area (Å²) in [5.74, 6) is 0. The molecule has 0 aromatic rings. The van der Waals surface area contributed by atoms with Crippen molar-refractivity contribution in [2.75, 3.05) is 6.61 Å². The molecule has 1 unspecified atom stereocenters. The summed E-state index contributed by atoms with van der Waals surface area (Å²) in [5.41, 5.74) is 0. The minimum absolute atomic E-state index is 0.574. The predicted octanol–water partition coefficient (Wildman–Crippen LogP) is 5.51. The molecule has 0 aliphatic carbocycles. The Morgan fingerprint density at radius 1 is 1.00 bits per heavy atom. The van der Waals surface area contributed by atoms with Gasteiger partial charge in [0, 0.05) is 0 Å². The van der Waals surface area contributed by atoms with Crippen LogP contribution in [0.25, 0.3) is 0 Å². The molecule has 0 aromatic carbocycles. The van der Waals surface area contributed by atoms with Crippen LogP contribution >= 0.6 is 0 Å². The standard InChI is InChI=1S/C6H13O.2C4H9.C2H3.Sn/c1-3-5-6-7-4-2;2*1-3-4-2;1-2;/h6H,3-5H2,1-2H3;2*1,3-4H2,2H3;1H,2H2;. The number of ether oxygens (including phenoxy) is 1. The first-order valence-corrected chi connectivity index (χ1v) is 15.3. The Balaban J connectivity index is 4.87. The quantitative estimate of drug-likeness (QED) is 0.417. The molecule has 0 saturated heterocycles. The van der Waals surface area contributed by atoms with Crippen molar-refractivity contribution in [3.05, 3.63) is 10.7 Å². The molecule has 0 amide bonds. The zero-order chi connectivity index (χ0) is 13.9. The van der Waals surface area contributed by atoms with Gasteiger partial charge in [0.1, 0.15) is 0 Å². The molecule has 0 aliphatic rings. The van der Waals surface area contributed by atoms with Crippen LogP contribution in [-0.4, -0.2) is 29.1 Å². The van der Waals surface area contributed by atoms with E-state index in [4.69, 9.17) is 4.74 Å². The molecule has 0 heterocycles. The number of unbranched alkanes of at least 4 members (excludes halogenated alkanes) is 2. The summed E-state index contributed by atoms with van der Waals surface area (Å²) in [5, 5.41) is 0. The fourth-order valence-electron chi connectivity index (χ4n) is 2.79. The first-order chi connectivity index (χ1) is 8.70. The van der Waals surface area contributed by atoms with E-state index in [1.54, 1.807) is 0 Å². The monoisotopic (exact) mass is 362 g/mol. The summed E-state index contributed by atoms with van der Waals surface area (Å²) in [4.78, 5) is 0. The van der Waals surface area contributed by atoms with E-state index in [1.165, 1.54) is 47.4 Å². The number of hydrogen-bond donors (Lipinski definition) is 0. The zero-order valence-electron chi connectivity index (χ0n) is 13.1. The molecule has 1 atom stereocenters. The Hall–Kier alpha value is 0.499. The molecule has 0 radical (unpaired) electrons. The van der Waals surface area contributed by atoms with Crippen molar-refractivity contribution in [1.29, 1.82) is 0 Å². The second kappa shape index (κ2) is 11.3. The third-order valence-corrected chi connectivity index (χ3v) is 18.6. The van der Waals surface area contributed by atoms with Gasteiger partial charge in [0.05, 0.1) is 0 Å². The summed E-state index contributed by atoms with van der Waals surface area (Å²) in [6.07, 6.45) is 7.87. The van der Waals surface area contributed by atoms with Gasteiger partial charge in [-0.05, 0) is 0 Å². The topological polar surface area (TPSA) is 9.23 Å². The Morgan fingerprint density at radius 2 is 1.56 bits per heavy atom. The van der Waals surface area contributed by atoms with E-state index in [1.807, 2.05) is 0 Å². The summed E-state index contributed by atoms with van der Waals surface area (Å²) in [6, 6.07) is 0. The average Bonchev–Trinajstić information content (AvgIpc) is 2.40. The van der Waals surface area contributed by atoms with Crippen LogP contribution in [0.4, 0.5) is 0 Å². The van der Waals surface area contributed by atoms with Crippen LogP contribution in [0.1, 0.15) is 66.2 Å². The molecule has 108 valence electrons. The fourth-order valence-corrected chi connectivity index (χ4v) is 16.9. The van der Waals surface area contributed by atoms with E-state index < -0.39 is 18.4 Å². The van der Waals surface area contributed by atoms with Crippen molar-refractivity contribution in [3.63, 3.8) is 0 Å².